The Morgan fingerprint density at radius 2 is 2.04 bits per heavy atom. The number of nitrogens with one attached hydrogen (secondary N) is 1. The standard InChI is InChI=1S/C20H28FNO5/c1-13(2)18(19(23)22-11-15-7-4-5-9-17(15)21)27-20(24)14(3)26-12-16-8-6-10-25-16/h4-5,7,9,13-14,16,18H,6,8,10-12H2,1-3H3,(H,22,23). The highest BCUT2D eigenvalue weighted by Crippen LogP contribution is 2.14. The molecule has 7 heteroatoms. The molecule has 0 aromatic heterocycles. The number of amides is 1. The van der Waals surface area contributed by atoms with E-state index in [0.29, 0.717) is 18.8 Å². The molecule has 3 atom stereocenters. The monoisotopic (exact) mass is 381 g/mol. The van der Waals surface area contributed by atoms with Crippen molar-refractivity contribution in [1.29, 1.82) is 0 Å². The molecule has 0 saturated carbocycles. The number of carbonyl (C=O) groups excluding carboxylic acids is 2. The number of ether oxygens (including phenoxy) is 3. The van der Waals surface area contributed by atoms with E-state index in [-0.39, 0.29) is 18.6 Å². The normalized spacial score (nSPS) is 18.9. The molecule has 1 aromatic carbocycles. The number of hydrogen-bond acceptors (Lipinski definition) is 5. The van der Waals surface area contributed by atoms with Crippen molar-refractivity contribution in [1.82, 2.24) is 5.32 Å². The van der Waals surface area contributed by atoms with Crippen LogP contribution in [0.1, 0.15) is 39.2 Å². The van der Waals surface area contributed by atoms with Gasteiger partial charge in [0.05, 0.1) is 12.7 Å². The van der Waals surface area contributed by atoms with Gasteiger partial charge in [-0.05, 0) is 31.7 Å². The lowest BCUT2D eigenvalue weighted by atomic mass is 10.1. The summed E-state index contributed by atoms with van der Waals surface area (Å²) in [6, 6.07) is 6.19. The number of carbonyl (C=O) groups is 2. The van der Waals surface area contributed by atoms with Gasteiger partial charge in [-0.25, -0.2) is 9.18 Å². The van der Waals surface area contributed by atoms with Crippen molar-refractivity contribution in [3.63, 3.8) is 0 Å². The van der Waals surface area contributed by atoms with Crippen molar-refractivity contribution in [2.45, 2.75) is 58.5 Å². The van der Waals surface area contributed by atoms with Gasteiger partial charge >= 0.3 is 5.97 Å². The molecule has 1 heterocycles. The summed E-state index contributed by atoms with van der Waals surface area (Å²) < 4.78 is 30.0. The molecule has 1 aromatic rings. The largest absolute Gasteiger partial charge is 0.450 e. The molecular formula is C20H28FNO5. The molecule has 0 bridgehead atoms. The van der Waals surface area contributed by atoms with Crippen LogP contribution in [0.4, 0.5) is 4.39 Å². The maximum atomic E-state index is 13.7. The Balaban J connectivity index is 1.84. The fourth-order valence-electron chi connectivity index (χ4n) is 2.73. The van der Waals surface area contributed by atoms with Crippen molar-refractivity contribution in [2.75, 3.05) is 13.2 Å². The second-order valence-electron chi connectivity index (χ2n) is 7.02. The molecule has 6 nitrogen and oxygen atoms in total. The fourth-order valence-corrected chi connectivity index (χ4v) is 2.73. The average molecular weight is 381 g/mol. The molecule has 3 unspecified atom stereocenters. The Hall–Kier alpha value is -1.99. The van der Waals surface area contributed by atoms with E-state index in [1.165, 1.54) is 6.07 Å². The SMILES string of the molecule is CC(OCC1CCCO1)C(=O)OC(C(=O)NCc1ccccc1F)C(C)C. The lowest BCUT2D eigenvalue weighted by Crippen LogP contribution is -2.42. The molecule has 1 saturated heterocycles. The summed E-state index contributed by atoms with van der Waals surface area (Å²) in [6.45, 7) is 6.20. The number of esters is 1. The average Bonchev–Trinajstić information content (AvgIpc) is 3.16. The van der Waals surface area contributed by atoms with Gasteiger partial charge in [0.1, 0.15) is 5.82 Å². The van der Waals surface area contributed by atoms with Gasteiger partial charge in [-0.3, -0.25) is 4.79 Å². The third-order valence-corrected chi connectivity index (χ3v) is 4.41. The zero-order valence-corrected chi connectivity index (χ0v) is 16.1. The van der Waals surface area contributed by atoms with Crippen LogP contribution in [-0.2, 0) is 30.3 Å². The molecule has 27 heavy (non-hydrogen) atoms. The lowest BCUT2D eigenvalue weighted by molar-refractivity contribution is -0.170. The highest BCUT2D eigenvalue weighted by Gasteiger charge is 2.29. The first-order valence-electron chi connectivity index (χ1n) is 9.33. The highest BCUT2D eigenvalue weighted by molar-refractivity contribution is 5.85. The summed E-state index contributed by atoms with van der Waals surface area (Å²) in [4.78, 5) is 24.7. The summed E-state index contributed by atoms with van der Waals surface area (Å²) in [5, 5.41) is 2.63. The van der Waals surface area contributed by atoms with Gasteiger partial charge < -0.3 is 19.5 Å². The minimum Gasteiger partial charge on any atom is -0.450 e. The Labute approximate surface area is 159 Å². The first-order valence-corrected chi connectivity index (χ1v) is 9.33. The van der Waals surface area contributed by atoms with Gasteiger partial charge in [-0.15, -0.1) is 0 Å². The van der Waals surface area contributed by atoms with Crippen LogP contribution in [0, 0.1) is 11.7 Å². The van der Waals surface area contributed by atoms with E-state index in [1.54, 1.807) is 39.0 Å². The van der Waals surface area contributed by atoms with Gasteiger partial charge in [-0.1, -0.05) is 32.0 Å². The van der Waals surface area contributed by atoms with Crippen molar-refractivity contribution in [2.24, 2.45) is 5.92 Å². The number of halogens is 1. The molecule has 0 aliphatic carbocycles. The van der Waals surface area contributed by atoms with Crippen LogP contribution >= 0.6 is 0 Å². The summed E-state index contributed by atoms with van der Waals surface area (Å²) in [7, 11) is 0. The molecule has 1 N–H and O–H groups in total. The Bertz CT molecular complexity index is 631. The number of benzene rings is 1. The smallest absolute Gasteiger partial charge is 0.335 e. The maximum absolute atomic E-state index is 13.7. The van der Waals surface area contributed by atoms with E-state index in [1.807, 2.05) is 0 Å². The Kier molecular flexibility index (Phi) is 8.19. The van der Waals surface area contributed by atoms with Crippen LogP contribution < -0.4 is 5.32 Å². The van der Waals surface area contributed by atoms with E-state index in [9.17, 15) is 14.0 Å². The molecule has 1 amide bonds. The van der Waals surface area contributed by atoms with Crippen LogP contribution in [0.25, 0.3) is 0 Å². The van der Waals surface area contributed by atoms with E-state index < -0.39 is 29.9 Å². The molecule has 0 radical (unpaired) electrons. The van der Waals surface area contributed by atoms with Gasteiger partial charge in [0, 0.05) is 18.7 Å². The summed E-state index contributed by atoms with van der Waals surface area (Å²) in [6.07, 6.45) is 0.136. The van der Waals surface area contributed by atoms with Crippen molar-refractivity contribution < 1.29 is 28.2 Å². The minimum atomic E-state index is -0.974. The maximum Gasteiger partial charge on any atom is 0.335 e. The second-order valence-corrected chi connectivity index (χ2v) is 7.02. The quantitative estimate of drug-likeness (QED) is 0.666. The van der Waals surface area contributed by atoms with Crippen LogP contribution in [0.15, 0.2) is 24.3 Å². The van der Waals surface area contributed by atoms with E-state index in [2.05, 4.69) is 5.32 Å². The predicted molar refractivity (Wildman–Crippen MR) is 97.4 cm³/mol. The summed E-state index contributed by atoms with van der Waals surface area (Å²) in [5.41, 5.74) is 0.368. The summed E-state index contributed by atoms with van der Waals surface area (Å²) in [5.74, 6) is -1.70. The zero-order valence-electron chi connectivity index (χ0n) is 16.1. The Morgan fingerprint density at radius 3 is 2.67 bits per heavy atom. The fraction of sp³-hybridized carbons (Fsp3) is 0.600. The second kappa shape index (κ2) is 10.4. The van der Waals surface area contributed by atoms with E-state index in [0.717, 1.165) is 12.8 Å². The van der Waals surface area contributed by atoms with Gasteiger partial charge in [0.15, 0.2) is 12.2 Å². The molecule has 150 valence electrons. The van der Waals surface area contributed by atoms with Crippen LogP contribution in [-0.4, -0.2) is 43.4 Å². The third-order valence-electron chi connectivity index (χ3n) is 4.41. The van der Waals surface area contributed by atoms with Gasteiger partial charge in [0.25, 0.3) is 5.91 Å². The van der Waals surface area contributed by atoms with Crippen LogP contribution in [0.5, 0.6) is 0 Å². The highest BCUT2D eigenvalue weighted by atomic mass is 19.1. The van der Waals surface area contributed by atoms with Crippen molar-refractivity contribution in [3.8, 4) is 0 Å². The summed E-state index contributed by atoms with van der Waals surface area (Å²) >= 11 is 0. The first-order chi connectivity index (χ1) is 12.9. The minimum absolute atomic E-state index is 0.00483. The molecule has 1 aliphatic rings. The van der Waals surface area contributed by atoms with Gasteiger partial charge in [-0.2, -0.15) is 0 Å². The lowest BCUT2D eigenvalue weighted by Gasteiger charge is -2.23. The molecule has 0 spiro atoms. The van der Waals surface area contributed by atoms with E-state index >= 15 is 0 Å². The molecule has 1 fully saturated rings. The molecule has 1 aliphatic heterocycles. The predicted octanol–water partition coefficient (Wildman–Crippen LogP) is 2.59. The van der Waals surface area contributed by atoms with Crippen molar-refractivity contribution >= 4 is 11.9 Å². The van der Waals surface area contributed by atoms with E-state index in [4.69, 9.17) is 14.2 Å². The molecule has 2 rings (SSSR count). The first kappa shape index (κ1) is 21.3. The van der Waals surface area contributed by atoms with Crippen LogP contribution in [0.3, 0.4) is 0 Å². The number of hydrogen-bond donors (Lipinski definition) is 1. The molecular weight excluding hydrogens is 353 g/mol. The van der Waals surface area contributed by atoms with Gasteiger partial charge in [0.2, 0.25) is 0 Å². The number of rotatable bonds is 9. The van der Waals surface area contributed by atoms with Crippen LogP contribution in [0.2, 0.25) is 0 Å². The Morgan fingerprint density at radius 1 is 1.30 bits per heavy atom. The van der Waals surface area contributed by atoms with Crippen molar-refractivity contribution in [3.05, 3.63) is 35.6 Å². The zero-order chi connectivity index (χ0) is 19.8. The third kappa shape index (κ3) is 6.59. The topological polar surface area (TPSA) is 73.9 Å².